The number of carbonyl (C=O) groups excluding carboxylic acids is 1. The quantitative estimate of drug-likeness (QED) is 0.474. The van der Waals surface area contributed by atoms with E-state index in [2.05, 4.69) is 69.3 Å². The molecule has 0 aromatic heterocycles. The molecule has 2 aliphatic rings. The Morgan fingerprint density at radius 2 is 1.41 bits per heavy atom. The average Bonchev–Trinajstić information content (AvgIpc) is 3.23. The molecular formula is C26H34O5Si. The van der Waals surface area contributed by atoms with E-state index in [9.17, 15) is 4.79 Å². The first kappa shape index (κ1) is 23.3. The topological polar surface area (TPSA) is 54.0 Å². The molecular weight excluding hydrogens is 420 g/mol. The van der Waals surface area contributed by atoms with Crippen LogP contribution in [-0.4, -0.2) is 51.4 Å². The Kier molecular flexibility index (Phi) is 6.44. The Bertz CT molecular complexity index is 869. The van der Waals surface area contributed by atoms with Gasteiger partial charge in [0.05, 0.1) is 12.7 Å². The van der Waals surface area contributed by atoms with Crippen LogP contribution in [0.2, 0.25) is 5.04 Å². The molecule has 32 heavy (non-hydrogen) atoms. The SMILES string of the molecule is CC1(C)O[C@@H]2[C@H](O1)[C@@H](CO[Si](c1ccccc1)(c1ccccc1)C(C)(C)C)O[C@H]2CC=O. The molecule has 0 unspecified atom stereocenters. The van der Waals surface area contributed by atoms with Crippen LogP contribution in [0.4, 0.5) is 0 Å². The minimum Gasteiger partial charge on any atom is -0.405 e. The number of aldehydes is 1. The Morgan fingerprint density at radius 1 is 0.906 bits per heavy atom. The van der Waals surface area contributed by atoms with Crippen LogP contribution in [0.25, 0.3) is 0 Å². The van der Waals surface area contributed by atoms with Gasteiger partial charge in [0.25, 0.3) is 8.32 Å². The predicted octanol–water partition coefficient (Wildman–Crippen LogP) is 3.44. The van der Waals surface area contributed by atoms with Gasteiger partial charge in [0, 0.05) is 6.42 Å². The Morgan fingerprint density at radius 3 is 1.88 bits per heavy atom. The lowest BCUT2D eigenvalue weighted by Crippen LogP contribution is -2.67. The number of benzene rings is 2. The van der Waals surface area contributed by atoms with Gasteiger partial charge >= 0.3 is 0 Å². The van der Waals surface area contributed by atoms with Crippen LogP contribution in [0.15, 0.2) is 60.7 Å². The molecule has 6 heteroatoms. The van der Waals surface area contributed by atoms with E-state index in [1.54, 1.807) is 0 Å². The van der Waals surface area contributed by atoms with Gasteiger partial charge in [-0.25, -0.2) is 0 Å². The lowest BCUT2D eigenvalue weighted by molar-refractivity contribution is -0.190. The predicted molar refractivity (Wildman–Crippen MR) is 127 cm³/mol. The van der Waals surface area contributed by atoms with Gasteiger partial charge in [-0.15, -0.1) is 0 Å². The highest BCUT2D eigenvalue weighted by atomic mass is 28.4. The van der Waals surface area contributed by atoms with Crippen LogP contribution in [-0.2, 0) is 23.4 Å². The zero-order valence-electron chi connectivity index (χ0n) is 19.6. The van der Waals surface area contributed by atoms with Crippen LogP contribution in [0.1, 0.15) is 41.0 Å². The molecule has 2 heterocycles. The molecule has 2 aliphatic heterocycles. The van der Waals surface area contributed by atoms with E-state index in [1.807, 2.05) is 26.0 Å². The maximum Gasteiger partial charge on any atom is 0.261 e. The molecule has 0 aliphatic carbocycles. The monoisotopic (exact) mass is 454 g/mol. The summed E-state index contributed by atoms with van der Waals surface area (Å²) in [7, 11) is -2.68. The Labute approximate surface area is 192 Å². The molecule has 4 atom stereocenters. The second-order valence-electron chi connectivity index (χ2n) is 10.2. The summed E-state index contributed by atoms with van der Waals surface area (Å²) in [6.07, 6.45) is 0.0505. The van der Waals surface area contributed by atoms with E-state index >= 15 is 0 Å². The first-order valence-corrected chi connectivity index (χ1v) is 13.3. The zero-order valence-corrected chi connectivity index (χ0v) is 20.6. The van der Waals surface area contributed by atoms with Gasteiger partial charge in [-0.2, -0.15) is 0 Å². The molecule has 0 radical (unpaired) electrons. The van der Waals surface area contributed by atoms with Gasteiger partial charge in [-0.05, 0) is 29.3 Å². The summed E-state index contributed by atoms with van der Waals surface area (Å²) in [6, 6.07) is 21.1. The standard InChI is InChI=1S/C26H34O5Si/c1-25(2,3)32(19-12-8-6-9-13-19,20-14-10-7-11-15-20)28-18-22-24-23(21(29-22)16-17-27)30-26(4,5)31-24/h6-15,17,21-24H,16,18H2,1-5H3/t21-,22+,23-,24+/m0/s1. The first-order valence-electron chi connectivity index (χ1n) is 11.4. The molecule has 2 aromatic rings. The van der Waals surface area contributed by atoms with Crippen molar-refractivity contribution in [1.29, 1.82) is 0 Å². The Hall–Kier alpha value is -1.83. The number of carbonyl (C=O) groups is 1. The van der Waals surface area contributed by atoms with Crippen molar-refractivity contribution in [1.82, 2.24) is 0 Å². The van der Waals surface area contributed by atoms with Crippen LogP contribution in [0, 0.1) is 0 Å². The van der Waals surface area contributed by atoms with Crippen molar-refractivity contribution >= 4 is 25.0 Å². The maximum atomic E-state index is 11.2. The molecule has 0 N–H and O–H groups in total. The van der Waals surface area contributed by atoms with Gasteiger partial charge < -0.3 is 23.4 Å². The molecule has 0 spiro atoms. The van der Waals surface area contributed by atoms with Crippen molar-refractivity contribution in [3.05, 3.63) is 60.7 Å². The van der Waals surface area contributed by atoms with Gasteiger partial charge in [0.1, 0.15) is 24.6 Å². The third kappa shape index (κ3) is 4.22. The normalized spacial score (nSPS) is 27.3. The smallest absolute Gasteiger partial charge is 0.261 e. The number of hydrogen-bond acceptors (Lipinski definition) is 5. The third-order valence-corrected chi connectivity index (χ3v) is 11.5. The van der Waals surface area contributed by atoms with Crippen molar-refractivity contribution in [3.8, 4) is 0 Å². The van der Waals surface area contributed by atoms with Crippen LogP contribution >= 0.6 is 0 Å². The third-order valence-electron chi connectivity index (χ3n) is 6.46. The van der Waals surface area contributed by atoms with E-state index in [0.29, 0.717) is 6.61 Å². The lowest BCUT2D eigenvalue weighted by Gasteiger charge is -2.43. The van der Waals surface area contributed by atoms with E-state index in [0.717, 1.165) is 6.29 Å². The van der Waals surface area contributed by atoms with Crippen LogP contribution < -0.4 is 10.4 Å². The first-order chi connectivity index (χ1) is 15.2. The average molecular weight is 455 g/mol. The van der Waals surface area contributed by atoms with Crippen LogP contribution in [0.5, 0.6) is 0 Å². The fraction of sp³-hybridized carbons (Fsp3) is 0.500. The number of rotatable bonds is 7. The van der Waals surface area contributed by atoms with Gasteiger partial charge in [0.2, 0.25) is 0 Å². The van der Waals surface area contributed by atoms with Crippen molar-refractivity contribution in [2.24, 2.45) is 0 Å². The molecule has 2 saturated heterocycles. The zero-order chi connectivity index (χ0) is 23.0. The minimum atomic E-state index is -2.68. The minimum absolute atomic E-state index is 0.123. The molecule has 2 fully saturated rings. The Balaban J connectivity index is 1.69. The molecule has 4 rings (SSSR count). The lowest BCUT2D eigenvalue weighted by atomic mass is 10.1. The highest BCUT2D eigenvalue weighted by Crippen LogP contribution is 2.41. The van der Waals surface area contributed by atoms with E-state index in [4.69, 9.17) is 18.6 Å². The molecule has 0 saturated carbocycles. The summed E-state index contributed by atoms with van der Waals surface area (Å²) >= 11 is 0. The molecule has 2 aromatic carbocycles. The molecule has 5 nitrogen and oxygen atoms in total. The van der Waals surface area contributed by atoms with Crippen molar-refractivity contribution in [2.75, 3.05) is 6.61 Å². The van der Waals surface area contributed by atoms with Gasteiger partial charge in [-0.1, -0.05) is 81.4 Å². The maximum absolute atomic E-state index is 11.2. The highest BCUT2D eigenvalue weighted by Gasteiger charge is 2.56. The summed E-state index contributed by atoms with van der Waals surface area (Å²) < 4.78 is 25.6. The van der Waals surface area contributed by atoms with Gasteiger partial charge in [-0.3, -0.25) is 0 Å². The molecule has 0 bridgehead atoms. The molecule has 172 valence electrons. The molecule has 0 amide bonds. The van der Waals surface area contributed by atoms with Crippen molar-refractivity contribution < 1.29 is 23.4 Å². The van der Waals surface area contributed by atoms with Crippen molar-refractivity contribution in [2.45, 2.75) is 76.3 Å². The van der Waals surface area contributed by atoms with Crippen molar-refractivity contribution in [3.63, 3.8) is 0 Å². The van der Waals surface area contributed by atoms with E-state index in [-0.39, 0.29) is 35.9 Å². The largest absolute Gasteiger partial charge is 0.405 e. The second kappa shape index (κ2) is 8.84. The van der Waals surface area contributed by atoms with Gasteiger partial charge in [0.15, 0.2) is 5.79 Å². The summed E-state index contributed by atoms with van der Waals surface area (Å²) in [5.74, 6) is -0.699. The fourth-order valence-corrected chi connectivity index (χ4v) is 9.73. The number of fused-ring (bicyclic) bond motifs is 1. The highest BCUT2D eigenvalue weighted by molar-refractivity contribution is 6.99. The fourth-order valence-electron chi connectivity index (χ4n) is 5.16. The van der Waals surface area contributed by atoms with E-state index in [1.165, 1.54) is 10.4 Å². The summed E-state index contributed by atoms with van der Waals surface area (Å²) in [5, 5.41) is 2.32. The summed E-state index contributed by atoms with van der Waals surface area (Å²) in [5.41, 5.74) is 0. The van der Waals surface area contributed by atoms with Crippen LogP contribution in [0.3, 0.4) is 0 Å². The summed E-state index contributed by atoms with van der Waals surface area (Å²) in [4.78, 5) is 11.2. The number of ether oxygens (including phenoxy) is 3. The van der Waals surface area contributed by atoms with E-state index < -0.39 is 14.1 Å². The second-order valence-corrected chi connectivity index (χ2v) is 14.5. The number of hydrogen-bond donors (Lipinski definition) is 0. The summed E-state index contributed by atoms with van der Waals surface area (Å²) in [6.45, 7) is 11.0.